The molecular weight excluding hydrogens is 300 g/mol. The normalized spacial score (nSPS) is 23.2. The van der Waals surface area contributed by atoms with Crippen molar-refractivity contribution in [3.63, 3.8) is 0 Å². The summed E-state index contributed by atoms with van der Waals surface area (Å²) in [6.45, 7) is 2.55. The van der Waals surface area contributed by atoms with Crippen molar-refractivity contribution in [2.75, 3.05) is 11.9 Å². The molecule has 1 aliphatic heterocycles. The fourth-order valence-electron chi connectivity index (χ4n) is 2.86. The minimum absolute atomic E-state index is 0.0280. The van der Waals surface area contributed by atoms with E-state index in [1.54, 1.807) is 28.6 Å². The van der Waals surface area contributed by atoms with E-state index in [4.69, 9.17) is 0 Å². The summed E-state index contributed by atoms with van der Waals surface area (Å²) in [5.74, 6) is 0.165. The first-order valence-corrected chi connectivity index (χ1v) is 9.35. The second-order valence-corrected chi connectivity index (χ2v) is 8.14. The van der Waals surface area contributed by atoms with Crippen molar-refractivity contribution < 1.29 is 13.2 Å². The van der Waals surface area contributed by atoms with Crippen LogP contribution in [0.2, 0.25) is 0 Å². The summed E-state index contributed by atoms with van der Waals surface area (Å²) in [4.78, 5) is 12.0. The van der Waals surface area contributed by atoms with Crippen molar-refractivity contribution in [1.29, 1.82) is 0 Å². The van der Waals surface area contributed by atoms with Gasteiger partial charge in [-0.05, 0) is 56.9 Å². The molecule has 6 heteroatoms. The van der Waals surface area contributed by atoms with Crippen molar-refractivity contribution in [3.05, 3.63) is 24.3 Å². The minimum Gasteiger partial charge on any atom is -0.326 e. The topological polar surface area (TPSA) is 66.5 Å². The number of carbonyl (C=O) groups is 1. The summed E-state index contributed by atoms with van der Waals surface area (Å²) in [5, 5.41) is 2.82. The van der Waals surface area contributed by atoms with E-state index in [1.807, 2.05) is 6.92 Å². The number of anilines is 1. The van der Waals surface area contributed by atoms with Gasteiger partial charge in [0.25, 0.3) is 0 Å². The molecule has 0 unspecified atom stereocenters. The van der Waals surface area contributed by atoms with Crippen LogP contribution >= 0.6 is 0 Å². The molecule has 1 atom stereocenters. The number of nitrogens with zero attached hydrogens (tertiary/aromatic N) is 1. The lowest BCUT2D eigenvalue weighted by Gasteiger charge is -2.32. The zero-order valence-corrected chi connectivity index (χ0v) is 13.6. The maximum Gasteiger partial charge on any atom is 0.243 e. The third-order valence-electron chi connectivity index (χ3n) is 4.42. The number of carbonyl (C=O) groups excluding carboxylic acids is 1. The Balaban J connectivity index is 1.74. The zero-order valence-electron chi connectivity index (χ0n) is 12.8. The molecule has 2 fully saturated rings. The van der Waals surface area contributed by atoms with Crippen molar-refractivity contribution >= 4 is 21.6 Å². The summed E-state index contributed by atoms with van der Waals surface area (Å²) in [7, 11) is -3.44. The van der Waals surface area contributed by atoms with Crippen molar-refractivity contribution in [2.45, 2.75) is 50.0 Å². The average molecular weight is 322 g/mol. The Morgan fingerprint density at radius 1 is 1.14 bits per heavy atom. The fraction of sp³-hybridized carbons (Fsp3) is 0.562. The Morgan fingerprint density at radius 2 is 1.82 bits per heavy atom. The number of hydrogen-bond acceptors (Lipinski definition) is 3. The Hall–Kier alpha value is -1.40. The lowest BCUT2D eigenvalue weighted by atomic mass is 10.1. The zero-order chi connectivity index (χ0) is 15.7. The van der Waals surface area contributed by atoms with Gasteiger partial charge in [0.05, 0.1) is 4.90 Å². The van der Waals surface area contributed by atoms with Crippen LogP contribution in [-0.2, 0) is 14.8 Å². The van der Waals surface area contributed by atoms with Crippen molar-refractivity contribution in [3.8, 4) is 0 Å². The molecule has 0 bridgehead atoms. The second kappa shape index (κ2) is 6.01. The number of sulfonamides is 1. The van der Waals surface area contributed by atoms with Crippen LogP contribution in [0.1, 0.15) is 39.0 Å². The van der Waals surface area contributed by atoms with Gasteiger partial charge in [-0.2, -0.15) is 4.31 Å². The monoisotopic (exact) mass is 322 g/mol. The quantitative estimate of drug-likeness (QED) is 0.926. The Kier molecular flexibility index (Phi) is 4.23. The predicted octanol–water partition coefficient (Wildman–Crippen LogP) is 2.60. The van der Waals surface area contributed by atoms with E-state index in [9.17, 15) is 13.2 Å². The molecule has 2 aliphatic rings. The number of hydrogen-bond donors (Lipinski definition) is 1. The molecule has 0 radical (unpaired) electrons. The molecule has 0 spiro atoms. The van der Waals surface area contributed by atoms with Crippen LogP contribution < -0.4 is 5.32 Å². The first-order valence-electron chi connectivity index (χ1n) is 7.91. The van der Waals surface area contributed by atoms with Gasteiger partial charge in [-0.25, -0.2) is 8.42 Å². The van der Waals surface area contributed by atoms with E-state index < -0.39 is 10.0 Å². The average Bonchev–Trinajstić information content (AvgIpc) is 3.33. The first-order chi connectivity index (χ1) is 10.5. The molecule has 1 saturated carbocycles. The number of nitrogens with one attached hydrogen (secondary N) is 1. The minimum atomic E-state index is -3.44. The van der Waals surface area contributed by atoms with E-state index in [1.165, 1.54) is 0 Å². The molecule has 120 valence electrons. The molecule has 3 rings (SSSR count). The maximum atomic E-state index is 12.7. The molecule has 1 aliphatic carbocycles. The molecule has 1 saturated heterocycles. The summed E-state index contributed by atoms with van der Waals surface area (Å²) < 4.78 is 27.0. The van der Waals surface area contributed by atoms with Crippen molar-refractivity contribution in [2.24, 2.45) is 5.92 Å². The van der Waals surface area contributed by atoms with Gasteiger partial charge in [0.2, 0.25) is 15.9 Å². The molecule has 1 amide bonds. The molecule has 0 aromatic heterocycles. The molecule has 22 heavy (non-hydrogen) atoms. The van der Waals surface area contributed by atoms with Gasteiger partial charge < -0.3 is 5.32 Å². The van der Waals surface area contributed by atoms with Gasteiger partial charge in [-0.15, -0.1) is 0 Å². The third-order valence-corrected chi connectivity index (χ3v) is 6.45. The van der Waals surface area contributed by atoms with Crippen LogP contribution in [0.5, 0.6) is 0 Å². The summed E-state index contributed by atoms with van der Waals surface area (Å²) in [6.07, 6.45) is 4.81. The molecule has 1 aromatic rings. The standard InChI is InChI=1S/C16H22N2O3S/c1-12-4-2-3-11-18(12)22(20,21)15-9-7-14(8-10-15)17-16(19)13-5-6-13/h7-10,12-13H,2-6,11H2,1H3,(H,17,19)/t12-/m0/s1. The highest BCUT2D eigenvalue weighted by Crippen LogP contribution is 2.30. The van der Waals surface area contributed by atoms with Gasteiger partial charge in [-0.3, -0.25) is 4.79 Å². The molecule has 5 nitrogen and oxygen atoms in total. The van der Waals surface area contributed by atoms with Crippen LogP contribution in [0, 0.1) is 5.92 Å². The smallest absolute Gasteiger partial charge is 0.243 e. The molecule has 1 N–H and O–H groups in total. The van der Waals surface area contributed by atoms with Gasteiger partial charge >= 0.3 is 0 Å². The summed E-state index contributed by atoms with van der Waals surface area (Å²) >= 11 is 0. The van der Waals surface area contributed by atoms with Gasteiger partial charge in [0, 0.05) is 24.2 Å². The van der Waals surface area contributed by atoms with E-state index in [2.05, 4.69) is 5.32 Å². The van der Waals surface area contributed by atoms with Crippen LogP contribution in [-0.4, -0.2) is 31.2 Å². The molecular formula is C16H22N2O3S. The lowest BCUT2D eigenvalue weighted by Crippen LogP contribution is -2.41. The van der Waals surface area contributed by atoms with Crippen LogP contribution in [0.15, 0.2) is 29.2 Å². The van der Waals surface area contributed by atoms with Gasteiger partial charge in [0.1, 0.15) is 0 Å². The second-order valence-electron chi connectivity index (χ2n) is 6.25. The van der Waals surface area contributed by atoms with E-state index in [0.717, 1.165) is 32.1 Å². The highest BCUT2D eigenvalue weighted by Gasteiger charge is 2.31. The fourth-order valence-corrected chi connectivity index (χ4v) is 4.56. The number of piperidine rings is 1. The van der Waals surface area contributed by atoms with E-state index in [0.29, 0.717) is 17.1 Å². The summed E-state index contributed by atoms with van der Waals surface area (Å²) in [6, 6.07) is 6.55. The maximum absolute atomic E-state index is 12.7. The number of benzene rings is 1. The van der Waals surface area contributed by atoms with Gasteiger partial charge in [0.15, 0.2) is 0 Å². The largest absolute Gasteiger partial charge is 0.326 e. The van der Waals surface area contributed by atoms with Crippen molar-refractivity contribution in [1.82, 2.24) is 4.31 Å². The van der Waals surface area contributed by atoms with Crippen LogP contribution in [0.3, 0.4) is 0 Å². The Labute approximate surface area is 131 Å². The molecule has 1 aromatic carbocycles. The van der Waals surface area contributed by atoms with Gasteiger partial charge in [-0.1, -0.05) is 6.42 Å². The van der Waals surface area contributed by atoms with E-state index in [-0.39, 0.29) is 17.9 Å². The lowest BCUT2D eigenvalue weighted by molar-refractivity contribution is -0.117. The Bertz CT molecular complexity index is 650. The van der Waals surface area contributed by atoms with Crippen LogP contribution in [0.4, 0.5) is 5.69 Å². The highest BCUT2D eigenvalue weighted by molar-refractivity contribution is 7.89. The third kappa shape index (κ3) is 3.17. The summed E-state index contributed by atoms with van der Waals surface area (Å²) in [5.41, 5.74) is 0.655. The SMILES string of the molecule is C[C@H]1CCCCN1S(=O)(=O)c1ccc(NC(=O)C2CC2)cc1. The Morgan fingerprint density at radius 3 is 2.41 bits per heavy atom. The highest BCUT2D eigenvalue weighted by atomic mass is 32.2. The van der Waals surface area contributed by atoms with E-state index >= 15 is 0 Å². The predicted molar refractivity (Wildman–Crippen MR) is 85.0 cm³/mol. The number of rotatable bonds is 4. The molecule has 1 heterocycles. The first kappa shape index (κ1) is 15.5. The van der Waals surface area contributed by atoms with Crippen LogP contribution in [0.25, 0.3) is 0 Å². The number of amides is 1.